The second kappa shape index (κ2) is 9.28. The molecule has 2 heterocycles. The number of nitrogens with one attached hydrogen (secondary N) is 1. The van der Waals surface area contributed by atoms with Crippen molar-refractivity contribution in [3.8, 4) is 16.9 Å². The number of pyridine rings is 1. The Balaban J connectivity index is 1.72. The normalized spacial score (nSPS) is 11.6. The molecule has 162 valence electrons. The van der Waals surface area contributed by atoms with Gasteiger partial charge in [0.1, 0.15) is 17.2 Å². The van der Waals surface area contributed by atoms with Crippen molar-refractivity contribution in [2.75, 3.05) is 11.9 Å². The van der Waals surface area contributed by atoms with Gasteiger partial charge in [-0.2, -0.15) is 0 Å². The van der Waals surface area contributed by atoms with Gasteiger partial charge in [0.25, 0.3) is 0 Å². The zero-order valence-corrected chi connectivity index (χ0v) is 18.9. The standard InChI is InChI=1S/C26H23ClN2O3/c1-4-31-23-14-24-21(22(15-32-24)18-8-10-19(27)11-9-18)13-20(23)16(2)12-26(30)29-25-7-5-6-17(3)28-25/h5-15H,4H2,1-3H3,(H,28,29,30)/b16-12+. The molecule has 0 saturated carbocycles. The number of ether oxygens (including phenoxy) is 1. The maximum absolute atomic E-state index is 12.6. The maximum atomic E-state index is 12.6. The van der Waals surface area contributed by atoms with Gasteiger partial charge in [-0.15, -0.1) is 0 Å². The summed E-state index contributed by atoms with van der Waals surface area (Å²) in [5.41, 5.74) is 5.08. The summed E-state index contributed by atoms with van der Waals surface area (Å²) in [4.78, 5) is 16.9. The van der Waals surface area contributed by atoms with Crippen LogP contribution in [0.4, 0.5) is 5.82 Å². The molecule has 2 aromatic carbocycles. The lowest BCUT2D eigenvalue weighted by Gasteiger charge is -2.12. The number of aromatic nitrogens is 1. The first-order valence-electron chi connectivity index (χ1n) is 10.3. The quantitative estimate of drug-likeness (QED) is 0.327. The highest BCUT2D eigenvalue weighted by Gasteiger charge is 2.15. The minimum Gasteiger partial charge on any atom is -0.493 e. The van der Waals surface area contributed by atoms with E-state index in [4.69, 9.17) is 20.8 Å². The Morgan fingerprint density at radius 2 is 1.97 bits per heavy atom. The van der Waals surface area contributed by atoms with Crippen molar-refractivity contribution in [1.29, 1.82) is 0 Å². The number of aryl methyl sites for hydroxylation is 1. The lowest BCUT2D eigenvalue weighted by molar-refractivity contribution is -0.111. The fourth-order valence-electron chi connectivity index (χ4n) is 3.54. The molecule has 4 aromatic rings. The van der Waals surface area contributed by atoms with E-state index in [1.54, 1.807) is 18.4 Å². The van der Waals surface area contributed by atoms with E-state index >= 15 is 0 Å². The molecule has 0 radical (unpaired) electrons. The molecule has 0 aliphatic carbocycles. The molecule has 1 amide bonds. The smallest absolute Gasteiger partial charge is 0.249 e. The third-order valence-electron chi connectivity index (χ3n) is 5.04. The summed E-state index contributed by atoms with van der Waals surface area (Å²) in [6, 6.07) is 17.0. The van der Waals surface area contributed by atoms with Crippen molar-refractivity contribution in [3.63, 3.8) is 0 Å². The number of furan rings is 1. The molecule has 0 aliphatic heterocycles. The molecule has 0 bridgehead atoms. The number of carbonyl (C=O) groups excluding carboxylic acids is 1. The van der Waals surface area contributed by atoms with E-state index < -0.39 is 0 Å². The Hall–Kier alpha value is -3.57. The summed E-state index contributed by atoms with van der Waals surface area (Å²) in [6.45, 7) is 6.18. The number of anilines is 1. The topological polar surface area (TPSA) is 64.4 Å². The van der Waals surface area contributed by atoms with Crippen molar-refractivity contribution in [1.82, 2.24) is 4.98 Å². The summed E-state index contributed by atoms with van der Waals surface area (Å²) in [7, 11) is 0. The first-order valence-corrected chi connectivity index (χ1v) is 10.7. The molecular weight excluding hydrogens is 424 g/mol. The minimum atomic E-state index is -0.256. The lowest BCUT2D eigenvalue weighted by Crippen LogP contribution is -2.10. The average Bonchev–Trinajstić information content (AvgIpc) is 3.16. The Labute approximate surface area is 191 Å². The van der Waals surface area contributed by atoms with Crippen LogP contribution in [0.2, 0.25) is 5.02 Å². The fraction of sp³-hybridized carbons (Fsp3) is 0.154. The maximum Gasteiger partial charge on any atom is 0.249 e. The molecule has 0 fully saturated rings. The number of hydrogen-bond acceptors (Lipinski definition) is 4. The van der Waals surface area contributed by atoms with Crippen molar-refractivity contribution >= 4 is 39.9 Å². The minimum absolute atomic E-state index is 0.256. The van der Waals surface area contributed by atoms with Crippen LogP contribution >= 0.6 is 11.6 Å². The van der Waals surface area contributed by atoms with E-state index in [2.05, 4.69) is 10.3 Å². The predicted molar refractivity (Wildman–Crippen MR) is 129 cm³/mol. The molecule has 0 saturated heterocycles. The highest BCUT2D eigenvalue weighted by Crippen LogP contribution is 2.37. The van der Waals surface area contributed by atoms with Gasteiger partial charge < -0.3 is 14.5 Å². The Morgan fingerprint density at radius 3 is 2.69 bits per heavy atom. The third-order valence-corrected chi connectivity index (χ3v) is 5.29. The molecule has 5 nitrogen and oxygen atoms in total. The van der Waals surface area contributed by atoms with Gasteiger partial charge >= 0.3 is 0 Å². The number of nitrogens with zero attached hydrogens (tertiary/aromatic N) is 1. The van der Waals surface area contributed by atoms with Gasteiger partial charge in [0, 0.05) is 39.4 Å². The highest BCUT2D eigenvalue weighted by atomic mass is 35.5. The molecule has 0 aliphatic rings. The van der Waals surface area contributed by atoms with Crippen LogP contribution in [0.5, 0.6) is 5.75 Å². The van der Waals surface area contributed by atoms with E-state index in [0.29, 0.717) is 28.8 Å². The summed E-state index contributed by atoms with van der Waals surface area (Å²) in [6.07, 6.45) is 3.28. The Kier molecular flexibility index (Phi) is 6.28. The van der Waals surface area contributed by atoms with Crippen molar-refractivity contribution in [2.45, 2.75) is 20.8 Å². The van der Waals surface area contributed by atoms with Crippen LogP contribution in [0.25, 0.3) is 27.7 Å². The van der Waals surface area contributed by atoms with Crippen molar-refractivity contribution < 1.29 is 13.9 Å². The number of halogens is 1. The number of rotatable bonds is 6. The Bertz CT molecular complexity index is 1310. The van der Waals surface area contributed by atoms with Gasteiger partial charge in [-0.05, 0) is 62.2 Å². The van der Waals surface area contributed by atoms with E-state index in [-0.39, 0.29) is 5.91 Å². The van der Waals surface area contributed by atoms with E-state index in [1.807, 2.05) is 69.3 Å². The van der Waals surface area contributed by atoms with E-state index in [9.17, 15) is 4.79 Å². The second-order valence-electron chi connectivity index (χ2n) is 7.41. The molecule has 0 atom stereocenters. The van der Waals surface area contributed by atoms with E-state index in [1.165, 1.54) is 0 Å². The molecule has 0 spiro atoms. The first-order chi connectivity index (χ1) is 15.4. The monoisotopic (exact) mass is 446 g/mol. The summed E-state index contributed by atoms with van der Waals surface area (Å²) < 4.78 is 11.7. The number of benzene rings is 2. The average molecular weight is 447 g/mol. The van der Waals surface area contributed by atoms with Crippen LogP contribution in [-0.4, -0.2) is 17.5 Å². The van der Waals surface area contributed by atoms with E-state index in [0.717, 1.165) is 33.3 Å². The molecule has 4 rings (SSSR count). The number of carbonyl (C=O) groups is 1. The van der Waals surface area contributed by atoms with Crippen molar-refractivity contribution in [3.05, 3.63) is 83.2 Å². The molecule has 32 heavy (non-hydrogen) atoms. The number of fused-ring (bicyclic) bond motifs is 1. The van der Waals surface area contributed by atoms with Crippen LogP contribution in [0, 0.1) is 6.92 Å². The van der Waals surface area contributed by atoms with Crippen LogP contribution in [0.3, 0.4) is 0 Å². The van der Waals surface area contributed by atoms with Gasteiger partial charge in [0.15, 0.2) is 0 Å². The van der Waals surface area contributed by atoms with Gasteiger partial charge in [0.2, 0.25) is 5.91 Å². The van der Waals surface area contributed by atoms with Gasteiger partial charge in [-0.1, -0.05) is 29.8 Å². The largest absolute Gasteiger partial charge is 0.493 e. The molecule has 6 heteroatoms. The second-order valence-corrected chi connectivity index (χ2v) is 7.85. The van der Waals surface area contributed by atoms with Crippen LogP contribution < -0.4 is 10.1 Å². The SMILES string of the molecule is CCOc1cc2occ(-c3ccc(Cl)cc3)c2cc1/C(C)=C/C(=O)Nc1cccc(C)n1. The van der Waals surface area contributed by atoms with Gasteiger partial charge in [-0.25, -0.2) is 4.98 Å². The molecule has 1 N–H and O–H groups in total. The predicted octanol–water partition coefficient (Wildman–Crippen LogP) is 6.90. The van der Waals surface area contributed by atoms with Gasteiger partial charge in [-0.3, -0.25) is 4.79 Å². The zero-order valence-electron chi connectivity index (χ0n) is 18.1. The van der Waals surface area contributed by atoms with Crippen LogP contribution in [0.1, 0.15) is 25.1 Å². The lowest BCUT2D eigenvalue weighted by atomic mass is 9.99. The summed E-state index contributed by atoms with van der Waals surface area (Å²) in [5.74, 6) is 0.917. The third kappa shape index (κ3) is 4.68. The number of allylic oxidation sites excluding steroid dienone is 1. The van der Waals surface area contributed by atoms with Gasteiger partial charge in [0.05, 0.1) is 12.9 Å². The highest BCUT2D eigenvalue weighted by molar-refractivity contribution is 6.30. The summed E-state index contributed by atoms with van der Waals surface area (Å²) >= 11 is 6.04. The van der Waals surface area contributed by atoms with Crippen LogP contribution in [-0.2, 0) is 4.79 Å². The number of hydrogen-bond donors (Lipinski definition) is 1. The molecule has 0 unspecified atom stereocenters. The molecular formula is C26H23ClN2O3. The first kappa shape index (κ1) is 21.7. The van der Waals surface area contributed by atoms with Crippen LogP contribution in [0.15, 0.2) is 71.4 Å². The molecule has 2 aromatic heterocycles. The van der Waals surface area contributed by atoms with Crippen molar-refractivity contribution in [2.24, 2.45) is 0 Å². The summed E-state index contributed by atoms with van der Waals surface area (Å²) in [5, 5.41) is 4.42. The number of amides is 1. The Morgan fingerprint density at radius 1 is 1.19 bits per heavy atom. The zero-order chi connectivity index (χ0) is 22.7. The fourth-order valence-corrected chi connectivity index (χ4v) is 3.67.